The van der Waals surface area contributed by atoms with Crippen LogP contribution in [0, 0.1) is 0 Å². The first-order valence-corrected chi connectivity index (χ1v) is 8.92. The molecular weight excluding hydrogens is 338 g/mol. The summed E-state index contributed by atoms with van der Waals surface area (Å²) in [7, 11) is 0. The second-order valence-electron chi connectivity index (χ2n) is 6.41. The van der Waals surface area contributed by atoms with E-state index < -0.39 is 0 Å². The molecule has 0 atom stereocenters. The number of aromatic nitrogens is 1. The fourth-order valence-electron chi connectivity index (χ4n) is 2.56. The number of nitrogens with one attached hydrogen (secondary N) is 2. The summed E-state index contributed by atoms with van der Waals surface area (Å²) in [5.74, 6) is 0.620. The molecule has 0 saturated heterocycles. The number of pyridine rings is 1. The summed E-state index contributed by atoms with van der Waals surface area (Å²) >= 11 is 0. The third-order valence-electron chi connectivity index (χ3n) is 3.80. The maximum absolute atomic E-state index is 12.4. The van der Waals surface area contributed by atoms with E-state index in [1.165, 1.54) is 0 Å². The number of benzene rings is 2. The molecule has 1 heterocycles. The van der Waals surface area contributed by atoms with Crippen LogP contribution in [-0.4, -0.2) is 17.0 Å². The molecule has 0 spiro atoms. The van der Waals surface area contributed by atoms with Crippen LogP contribution in [0.15, 0.2) is 72.9 Å². The van der Waals surface area contributed by atoms with Crippen LogP contribution in [0.3, 0.4) is 0 Å². The summed E-state index contributed by atoms with van der Waals surface area (Å²) in [5, 5.41) is 6.16. The smallest absolute Gasteiger partial charge is 0.270 e. The van der Waals surface area contributed by atoms with E-state index in [1.54, 1.807) is 12.3 Å². The van der Waals surface area contributed by atoms with Gasteiger partial charge in [-0.25, -0.2) is 0 Å². The van der Waals surface area contributed by atoms with Crippen LogP contribution in [0.1, 0.15) is 29.9 Å². The van der Waals surface area contributed by atoms with Crippen LogP contribution >= 0.6 is 0 Å². The first-order chi connectivity index (χ1) is 13.1. The van der Waals surface area contributed by atoms with Crippen molar-refractivity contribution in [2.45, 2.75) is 26.5 Å². The minimum Gasteiger partial charge on any atom is -0.491 e. The van der Waals surface area contributed by atoms with Gasteiger partial charge < -0.3 is 15.4 Å². The molecule has 5 nitrogen and oxygen atoms in total. The lowest BCUT2D eigenvalue weighted by molar-refractivity contribution is 0.0946. The van der Waals surface area contributed by atoms with Gasteiger partial charge in [-0.15, -0.1) is 0 Å². The van der Waals surface area contributed by atoms with Crippen LogP contribution in [0.25, 0.3) is 0 Å². The van der Waals surface area contributed by atoms with Gasteiger partial charge in [0, 0.05) is 24.1 Å². The number of rotatable bonds is 7. The molecule has 3 aromatic rings. The van der Waals surface area contributed by atoms with Crippen molar-refractivity contribution in [1.82, 2.24) is 10.3 Å². The van der Waals surface area contributed by atoms with Crippen molar-refractivity contribution in [3.8, 4) is 5.75 Å². The monoisotopic (exact) mass is 361 g/mol. The van der Waals surface area contributed by atoms with Crippen molar-refractivity contribution in [3.05, 3.63) is 84.2 Å². The molecule has 0 aliphatic rings. The van der Waals surface area contributed by atoms with Gasteiger partial charge in [0.15, 0.2) is 0 Å². The molecule has 3 rings (SSSR count). The Morgan fingerprint density at radius 2 is 1.74 bits per heavy atom. The summed E-state index contributed by atoms with van der Waals surface area (Å²) in [5.41, 5.74) is 3.12. The van der Waals surface area contributed by atoms with Gasteiger partial charge in [0.05, 0.1) is 6.10 Å². The lowest BCUT2D eigenvalue weighted by Gasteiger charge is -2.11. The number of anilines is 2. The summed E-state index contributed by atoms with van der Waals surface area (Å²) < 4.78 is 5.64. The molecule has 0 unspecified atom stereocenters. The summed E-state index contributed by atoms with van der Waals surface area (Å²) in [6, 6.07) is 21.0. The molecule has 27 heavy (non-hydrogen) atoms. The molecular formula is C22H23N3O2. The largest absolute Gasteiger partial charge is 0.491 e. The van der Waals surface area contributed by atoms with Gasteiger partial charge >= 0.3 is 0 Å². The van der Waals surface area contributed by atoms with E-state index >= 15 is 0 Å². The number of carbonyl (C=O) groups excluding carboxylic acids is 1. The molecule has 0 aliphatic carbocycles. The van der Waals surface area contributed by atoms with Gasteiger partial charge in [0.25, 0.3) is 5.91 Å². The van der Waals surface area contributed by atoms with Crippen molar-refractivity contribution in [3.63, 3.8) is 0 Å². The number of carbonyl (C=O) groups is 1. The number of nitrogens with zero attached hydrogens (tertiary/aromatic N) is 1. The molecule has 0 aliphatic heterocycles. The first kappa shape index (κ1) is 18.5. The highest BCUT2D eigenvalue weighted by Gasteiger charge is 2.08. The number of hydrogen-bond acceptors (Lipinski definition) is 4. The Morgan fingerprint density at radius 1 is 1.00 bits per heavy atom. The van der Waals surface area contributed by atoms with Crippen molar-refractivity contribution in [1.29, 1.82) is 0 Å². The molecule has 0 saturated carbocycles. The number of ether oxygens (including phenoxy) is 1. The molecule has 138 valence electrons. The average molecular weight is 361 g/mol. The Kier molecular flexibility index (Phi) is 6.05. The molecule has 1 amide bonds. The lowest BCUT2D eigenvalue weighted by Crippen LogP contribution is -2.23. The zero-order valence-electron chi connectivity index (χ0n) is 15.5. The minimum absolute atomic E-state index is 0.140. The van der Waals surface area contributed by atoms with Gasteiger partial charge in [0.2, 0.25) is 0 Å². The molecule has 0 bridgehead atoms. The van der Waals surface area contributed by atoms with Crippen LogP contribution < -0.4 is 15.4 Å². The second kappa shape index (κ2) is 8.85. The maximum Gasteiger partial charge on any atom is 0.270 e. The van der Waals surface area contributed by atoms with E-state index in [0.717, 1.165) is 22.7 Å². The third kappa shape index (κ3) is 5.57. The number of hydrogen-bond donors (Lipinski definition) is 2. The van der Waals surface area contributed by atoms with E-state index in [4.69, 9.17) is 4.74 Å². The minimum atomic E-state index is -0.205. The highest BCUT2D eigenvalue weighted by atomic mass is 16.5. The molecule has 1 aromatic heterocycles. The Balaban J connectivity index is 1.62. The Morgan fingerprint density at radius 3 is 2.44 bits per heavy atom. The van der Waals surface area contributed by atoms with Crippen molar-refractivity contribution in [2.24, 2.45) is 0 Å². The summed E-state index contributed by atoms with van der Waals surface area (Å²) in [6.07, 6.45) is 1.76. The van der Waals surface area contributed by atoms with Crippen molar-refractivity contribution < 1.29 is 9.53 Å². The lowest BCUT2D eigenvalue weighted by atomic mass is 10.2. The van der Waals surface area contributed by atoms with Gasteiger partial charge in [-0.3, -0.25) is 9.78 Å². The van der Waals surface area contributed by atoms with Gasteiger partial charge in [0.1, 0.15) is 11.4 Å². The average Bonchev–Trinajstić information content (AvgIpc) is 2.68. The highest BCUT2D eigenvalue weighted by Crippen LogP contribution is 2.21. The molecule has 2 N–H and O–H groups in total. The summed E-state index contributed by atoms with van der Waals surface area (Å²) in [4.78, 5) is 16.5. The van der Waals surface area contributed by atoms with E-state index in [2.05, 4.69) is 15.6 Å². The van der Waals surface area contributed by atoms with Gasteiger partial charge in [-0.05, 0) is 55.8 Å². The normalized spacial score (nSPS) is 10.5. The topological polar surface area (TPSA) is 63.2 Å². The molecule has 0 radical (unpaired) electrons. The number of amides is 1. The summed E-state index contributed by atoms with van der Waals surface area (Å²) in [6.45, 7) is 4.46. The Hall–Kier alpha value is -3.34. The van der Waals surface area contributed by atoms with Crippen molar-refractivity contribution in [2.75, 3.05) is 5.32 Å². The van der Waals surface area contributed by atoms with Crippen LogP contribution in [-0.2, 0) is 6.54 Å². The van der Waals surface area contributed by atoms with E-state index in [-0.39, 0.29) is 12.0 Å². The molecule has 5 heteroatoms. The van der Waals surface area contributed by atoms with Gasteiger partial charge in [-0.1, -0.05) is 30.3 Å². The zero-order chi connectivity index (χ0) is 19.1. The third-order valence-corrected chi connectivity index (χ3v) is 3.80. The zero-order valence-corrected chi connectivity index (χ0v) is 15.5. The maximum atomic E-state index is 12.4. The van der Waals surface area contributed by atoms with Crippen LogP contribution in [0.2, 0.25) is 0 Å². The fraction of sp³-hybridized carbons (Fsp3) is 0.182. The predicted octanol–water partition coefficient (Wildman–Crippen LogP) is 4.54. The first-order valence-electron chi connectivity index (χ1n) is 8.92. The molecule has 0 fully saturated rings. The van der Waals surface area contributed by atoms with Gasteiger partial charge in [-0.2, -0.15) is 0 Å². The Labute approximate surface area is 159 Å². The standard InChI is InChI=1S/C22H23N3O2/c1-16(2)27-20-10-8-18(9-11-20)25-19-12-13-23-21(14-19)22(26)24-15-17-6-4-3-5-7-17/h3-14,16H,15H2,1-2H3,(H,23,25)(H,24,26). The Bertz CT molecular complexity index is 878. The van der Waals surface area contributed by atoms with Crippen LogP contribution in [0.4, 0.5) is 11.4 Å². The SMILES string of the molecule is CC(C)Oc1ccc(Nc2ccnc(C(=O)NCc3ccccc3)c2)cc1. The quantitative estimate of drug-likeness (QED) is 0.648. The van der Waals surface area contributed by atoms with Crippen LogP contribution in [0.5, 0.6) is 5.75 Å². The predicted molar refractivity (Wildman–Crippen MR) is 107 cm³/mol. The van der Waals surface area contributed by atoms with E-state index in [1.807, 2.05) is 74.5 Å². The van der Waals surface area contributed by atoms with Crippen molar-refractivity contribution >= 4 is 17.3 Å². The van der Waals surface area contributed by atoms with E-state index in [9.17, 15) is 4.79 Å². The van der Waals surface area contributed by atoms with E-state index in [0.29, 0.717) is 12.2 Å². The second-order valence-corrected chi connectivity index (χ2v) is 6.41. The fourth-order valence-corrected chi connectivity index (χ4v) is 2.56. The highest BCUT2D eigenvalue weighted by molar-refractivity contribution is 5.93. The molecule has 2 aromatic carbocycles.